The molecule has 1 saturated heterocycles. The third kappa shape index (κ3) is 5.70. The van der Waals surface area contributed by atoms with Crippen LogP contribution in [0.15, 0.2) is 47.4 Å². The Morgan fingerprint density at radius 3 is 2.44 bits per heavy atom. The molecule has 0 spiro atoms. The molecule has 0 aliphatic carbocycles. The van der Waals surface area contributed by atoms with E-state index in [4.69, 9.17) is 4.74 Å². The molecule has 2 aromatic carbocycles. The van der Waals surface area contributed by atoms with Crippen molar-refractivity contribution in [2.75, 3.05) is 26.2 Å². The van der Waals surface area contributed by atoms with Crippen LogP contribution in [0.3, 0.4) is 0 Å². The number of aryl methyl sites for hydroxylation is 1. The zero-order valence-electron chi connectivity index (χ0n) is 19.5. The van der Waals surface area contributed by atoms with Gasteiger partial charge in [-0.15, -0.1) is 0 Å². The van der Waals surface area contributed by atoms with Crippen LogP contribution in [0.4, 0.5) is 0 Å². The van der Waals surface area contributed by atoms with Crippen molar-refractivity contribution in [3.63, 3.8) is 0 Å². The first kappa shape index (κ1) is 24.3. The number of carbonyl (C=O) groups is 1. The molecule has 3 rings (SSSR count). The van der Waals surface area contributed by atoms with E-state index in [1.807, 2.05) is 24.3 Å². The highest BCUT2D eigenvalue weighted by atomic mass is 32.2. The number of para-hydroxylation sites is 1. The number of nitrogens with zero attached hydrogens (tertiary/aromatic N) is 1. The van der Waals surface area contributed by atoms with Crippen molar-refractivity contribution < 1.29 is 17.9 Å². The van der Waals surface area contributed by atoms with E-state index in [0.29, 0.717) is 37.4 Å². The van der Waals surface area contributed by atoms with E-state index in [1.165, 1.54) is 10.4 Å². The normalized spacial score (nSPS) is 15.4. The van der Waals surface area contributed by atoms with Gasteiger partial charge in [-0.05, 0) is 54.5 Å². The van der Waals surface area contributed by atoms with Crippen molar-refractivity contribution in [1.29, 1.82) is 0 Å². The van der Waals surface area contributed by atoms with E-state index in [2.05, 4.69) is 26.1 Å². The fourth-order valence-electron chi connectivity index (χ4n) is 3.90. The number of nitrogens with one attached hydrogen (secondary N) is 1. The standard InChI is InChI=1S/C25H34N2O4S/c1-19-12-13-20(18-23(19)32(29,30)27-15-8-5-9-16-27)24(28)26-14-17-31-22-11-7-6-10-21(22)25(2,3)4/h6-7,10-13,18H,5,8-9,14-17H2,1-4H3,(H,26,28). The van der Waals surface area contributed by atoms with Crippen LogP contribution in [0.25, 0.3) is 0 Å². The average Bonchev–Trinajstić information content (AvgIpc) is 2.77. The van der Waals surface area contributed by atoms with Crippen LogP contribution >= 0.6 is 0 Å². The molecule has 1 amide bonds. The number of benzene rings is 2. The summed E-state index contributed by atoms with van der Waals surface area (Å²) in [4.78, 5) is 12.9. The molecule has 7 heteroatoms. The Balaban J connectivity index is 1.64. The predicted octanol–water partition coefficient (Wildman–Crippen LogP) is 4.28. The fraction of sp³-hybridized carbons (Fsp3) is 0.480. The maximum atomic E-state index is 13.1. The smallest absolute Gasteiger partial charge is 0.251 e. The molecule has 2 aromatic rings. The third-order valence-corrected chi connectivity index (χ3v) is 7.76. The van der Waals surface area contributed by atoms with Crippen molar-refractivity contribution in [3.8, 4) is 5.75 Å². The Bertz CT molecular complexity index is 1050. The van der Waals surface area contributed by atoms with E-state index in [0.717, 1.165) is 30.6 Å². The molecule has 6 nitrogen and oxygen atoms in total. The highest BCUT2D eigenvalue weighted by Gasteiger charge is 2.28. The molecule has 1 heterocycles. The summed E-state index contributed by atoms with van der Waals surface area (Å²) in [6.07, 6.45) is 2.79. The molecule has 1 N–H and O–H groups in total. The van der Waals surface area contributed by atoms with Crippen LogP contribution in [-0.4, -0.2) is 44.9 Å². The Kier molecular flexibility index (Phi) is 7.62. The maximum absolute atomic E-state index is 13.1. The van der Waals surface area contributed by atoms with Crippen LogP contribution in [0.1, 0.15) is 61.5 Å². The molecule has 0 aromatic heterocycles. The van der Waals surface area contributed by atoms with Crippen molar-refractivity contribution in [1.82, 2.24) is 9.62 Å². The summed E-state index contributed by atoms with van der Waals surface area (Å²) in [5.41, 5.74) is 2.05. The number of carbonyl (C=O) groups excluding carboxylic acids is 1. The van der Waals surface area contributed by atoms with E-state index in [1.54, 1.807) is 19.1 Å². The molecule has 0 radical (unpaired) electrons. The van der Waals surface area contributed by atoms with Gasteiger partial charge in [-0.25, -0.2) is 8.42 Å². The Morgan fingerprint density at radius 1 is 1.06 bits per heavy atom. The molecule has 0 saturated carbocycles. The Labute approximate surface area is 192 Å². The summed E-state index contributed by atoms with van der Waals surface area (Å²) < 4.78 is 33.6. The van der Waals surface area contributed by atoms with Gasteiger partial charge >= 0.3 is 0 Å². The van der Waals surface area contributed by atoms with Crippen molar-refractivity contribution >= 4 is 15.9 Å². The lowest BCUT2D eigenvalue weighted by Crippen LogP contribution is -2.36. The summed E-state index contributed by atoms with van der Waals surface area (Å²) >= 11 is 0. The van der Waals surface area contributed by atoms with Crippen molar-refractivity contribution in [2.45, 2.75) is 57.3 Å². The number of hydrogen-bond acceptors (Lipinski definition) is 4. The van der Waals surface area contributed by atoms with Gasteiger partial charge in [0, 0.05) is 18.7 Å². The van der Waals surface area contributed by atoms with Crippen LogP contribution < -0.4 is 10.1 Å². The second-order valence-electron chi connectivity index (χ2n) is 9.30. The third-order valence-electron chi connectivity index (χ3n) is 5.72. The second kappa shape index (κ2) is 10.0. The number of rotatable bonds is 7. The van der Waals surface area contributed by atoms with Crippen molar-refractivity contribution in [2.24, 2.45) is 0 Å². The van der Waals surface area contributed by atoms with Gasteiger partial charge in [-0.2, -0.15) is 4.31 Å². The number of amides is 1. The number of piperidine rings is 1. The van der Waals surface area contributed by atoms with Crippen molar-refractivity contribution in [3.05, 3.63) is 59.2 Å². The minimum absolute atomic E-state index is 0.0437. The molecule has 1 aliphatic rings. The van der Waals surface area contributed by atoms with E-state index >= 15 is 0 Å². The zero-order valence-corrected chi connectivity index (χ0v) is 20.3. The first-order valence-electron chi connectivity index (χ1n) is 11.2. The highest BCUT2D eigenvalue weighted by molar-refractivity contribution is 7.89. The van der Waals surface area contributed by atoms with Gasteiger partial charge in [0.1, 0.15) is 12.4 Å². The summed E-state index contributed by atoms with van der Waals surface area (Å²) in [5, 5.41) is 2.83. The van der Waals surface area contributed by atoms with Crippen LogP contribution in [0, 0.1) is 6.92 Å². The molecule has 0 unspecified atom stereocenters. The summed E-state index contributed by atoms with van der Waals surface area (Å²) in [6, 6.07) is 12.7. The first-order chi connectivity index (χ1) is 15.1. The van der Waals surface area contributed by atoms with E-state index in [-0.39, 0.29) is 16.2 Å². The molecular formula is C25H34N2O4S. The topological polar surface area (TPSA) is 75.7 Å². The SMILES string of the molecule is Cc1ccc(C(=O)NCCOc2ccccc2C(C)(C)C)cc1S(=O)(=O)N1CCCCC1. The Morgan fingerprint density at radius 2 is 1.75 bits per heavy atom. The highest BCUT2D eigenvalue weighted by Crippen LogP contribution is 2.30. The van der Waals surface area contributed by atoms with Gasteiger partial charge in [0.15, 0.2) is 0 Å². The molecule has 0 bridgehead atoms. The maximum Gasteiger partial charge on any atom is 0.251 e. The van der Waals surface area contributed by atoms with Gasteiger partial charge in [-0.1, -0.05) is 51.5 Å². The van der Waals surface area contributed by atoms with Crippen LogP contribution in [0.2, 0.25) is 0 Å². The first-order valence-corrected chi connectivity index (χ1v) is 12.7. The summed E-state index contributed by atoms with van der Waals surface area (Å²) in [6.45, 7) is 9.86. The second-order valence-corrected chi connectivity index (χ2v) is 11.2. The quantitative estimate of drug-likeness (QED) is 0.629. The van der Waals surface area contributed by atoms with Gasteiger partial charge in [0.2, 0.25) is 10.0 Å². The molecule has 32 heavy (non-hydrogen) atoms. The fourth-order valence-corrected chi connectivity index (χ4v) is 5.67. The van der Waals surface area contributed by atoms with E-state index < -0.39 is 10.0 Å². The minimum Gasteiger partial charge on any atom is -0.491 e. The predicted molar refractivity (Wildman–Crippen MR) is 127 cm³/mol. The zero-order chi connectivity index (χ0) is 23.4. The summed E-state index contributed by atoms with van der Waals surface area (Å²) in [7, 11) is -3.60. The lowest BCUT2D eigenvalue weighted by molar-refractivity contribution is 0.0946. The van der Waals surface area contributed by atoms with Gasteiger partial charge in [-0.3, -0.25) is 4.79 Å². The monoisotopic (exact) mass is 458 g/mol. The Hall–Kier alpha value is -2.38. The summed E-state index contributed by atoms with van der Waals surface area (Å²) in [5.74, 6) is 0.493. The van der Waals surface area contributed by atoms with E-state index in [9.17, 15) is 13.2 Å². The molecule has 174 valence electrons. The number of ether oxygens (including phenoxy) is 1. The molecule has 1 aliphatic heterocycles. The molecular weight excluding hydrogens is 424 g/mol. The lowest BCUT2D eigenvalue weighted by atomic mass is 9.86. The van der Waals surface area contributed by atoms with Crippen LogP contribution in [0.5, 0.6) is 5.75 Å². The largest absolute Gasteiger partial charge is 0.491 e. The number of sulfonamides is 1. The lowest BCUT2D eigenvalue weighted by Gasteiger charge is -2.26. The minimum atomic E-state index is -3.60. The van der Waals surface area contributed by atoms with Crippen LogP contribution in [-0.2, 0) is 15.4 Å². The van der Waals surface area contributed by atoms with Gasteiger partial charge in [0.25, 0.3) is 5.91 Å². The molecule has 1 fully saturated rings. The van der Waals surface area contributed by atoms with Gasteiger partial charge in [0.05, 0.1) is 11.4 Å². The number of hydrogen-bond donors (Lipinski definition) is 1. The average molecular weight is 459 g/mol. The van der Waals surface area contributed by atoms with Gasteiger partial charge < -0.3 is 10.1 Å². The molecule has 0 atom stereocenters.